The van der Waals surface area contributed by atoms with Gasteiger partial charge in [-0.05, 0) is 24.3 Å². The van der Waals surface area contributed by atoms with E-state index in [-0.39, 0.29) is 17.1 Å². The molecule has 0 amide bonds. The van der Waals surface area contributed by atoms with Crippen LogP contribution in [0.4, 0.5) is 0 Å². The SMILES string of the molecule is COc1cccc(OC(C)=O)c1-c1nc2ccccc2c(=O)[nH]1. The van der Waals surface area contributed by atoms with Crippen LogP contribution in [0.5, 0.6) is 11.5 Å². The van der Waals surface area contributed by atoms with E-state index in [4.69, 9.17) is 9.47 Å². The average molecular weight is 310 g/mol. The van der Waals surface area contributed by atoms with E-state index in [1.807, 2.05) is 0 Å². The molecule has 116 valence electrons. The van der Waals surface area contributed by atoms with Crippen LogP contribution in [0.2, 0.25) is 0 Å². The van der Waals surface area contributed by atoms with Gasteiger partial charge in [-0.3, -0.25) is 9.59 Å². The van der Waals surface area contributed by atoms with E-state index in [1.54, 1.807) is 42.5 Å². The molecular formula is C17H14N2O4. The Labute approximate surface area is 131 Å². The van der Waals surface area contributed by atoms with Gasteiger partial charge in [0, 0.05) is 6.92 Å². The quantitative estimate of drug-likeness (QED) is 0.594. The highest BCUT2D eigenvalue weighted by Gasteiger charge is 2.17. The van der Waals surface area contributed by atoms with Crippen LogP contribution in [0.15, 0.2) is 47.3 Å². The number of ether oxygens (including phenoxy) is 2. The van der Waals surface area contributed by atoms with Crippen LogP contribution in [0, 0.1) is 0 Å². The summed E-state index contributed by atoms with van der Waals surface area (Å²) in [6.07, 6.45) is 0. The van der Waals surface area contributed by atoms with E-state index in [9.17, 15) is 9.59 Å². The lowest BCUT2D eigenvalue weighted by Gasteiger charge is -2.13. The molecule has 0 atom stereocenters. The highest BCUT2D eigenvalue weighted by Crippen LogP contribution is 2.36. The first-order valence-electron chi connectivity index (χ1n) is 6.95. The molecule has 0 aliphatic carbocycles. The van der Waals surface area contributed by atoms with Crippen LogP contribution < -0.4 is 15.0 Å². The predicted octanol–water partition coefficient (Wildman–Crippen LogP) is 2.52. The van der Waals surface area contributed by atoms with Gasteiger partial charge in [-0.25, -0.2) is 4.98 Å². The number of hydrogen-bond donors (Lipinski definition) is 1. The number of esters is 1. The van der Waals surface area contributed by atoms with E-state index >= 15 is 0 Å². The first-order chi connectivity index (χ1) is 11.1. The molecule has 23 heavy (non-hydrogen) atoms. The molecule has 1 N–H and O–H groups in total. The number of methoxy groups -OCH3 is 1. The number of aromatic nitrogens is 2. The third kappa shape index (κ3) is 2.78. The number of rotatable bonds is 3. The second-order valence-electron chi connectivity index (χ2n) is 4.86. The number of hydrogen-bond acceptors (Lipinski definition) is 5. The number of fused-ring (bicyclic) bond motifs is 1. The van der Waals surface area contributed by atoms with Crippen molar-refractivity contribution in [3.8, 4) is 22.9 Å². The number of carbonyl (C=O) groups excluding carboxylic acids is 1. The van der Waals surface area contributed by atoms with Crippen molar-refractivity contribution < 1.29 is 14.3 Å². The molecule has 6 heteroatoms. The zero-order chi connectivity index (χ0) is 16.4. The molecule has 2 aromatic carbocycles. The average Bonchev–Trinajstić information content (AvgIpc) is 2.54. The molecule has 0 unspecified atom stereocenters. The van der Waals surface area contributed by atoms with Gasteiger partial charge in [-0.15, -0.1) is 0 Å². The van der Waals surface area contributed by atoms with Crippen LogP contribution in [-0.4, -0.2) is 23.0 Å². The first kappa shape index (κ1) is 14.8. The monoisotopic (exact) mass is 310 g/mol. The maximum Gasteiger partial charge on any atom is 0.308 e. The van der Waals surface area contributed by atoms with Crippen molar-refractivity contribution >= 4 is 16.9 Å². The van der Waals surface area contributed by atoms with Crippen molar-refractivity contribution in [3.05, 3.63) is 52.8 Å². The van der Waals surface area contributed by atoms with Crippen molar-refractivity contribution in [2.45, 2.75) is 6.92 Å². The normalized spacial score (nSPS) is 10.5. The molecule has 1 heterocycles. The summed E-state index contributed by atoms with van der Waals surface area (Å²) >= 11 is 0. The van der Waals surface area contributed by atoms with Gasteiger partial charge in [-0.2, -0.15) is 0 Å². The minimum atomic E-state index is -0.470. The number of carbonyl (C=O) groups is 1. The van der Waals surface area contributed by atoms with Crippen molar-refractivity contribution in [2.24, 2.45) is 0 Å². The lowest BCUT2D eigenvalue weighted by Crippen LogP contribution is -2.11. The molecule has 6 nitrogen and oxygen atoms in total. The third-order valence-electron chi connectivity index (χ3n) is 3.31. The standard InChI is InChI=1S/C17H14N2O4/c1-10(20)23-14-9-5-8-13(22-2)15(14)16-18-12-7-4-3-6-11(12)17(21)19-16/h3-9H,1-2H3,(H,18,19,21). The molecular weight excluding hydrogens is 296 g/mol. The van der Waals surface area contributed by atoms with Gasteiger partial charge in [0.15, 0.2) is 0 Å². The Hall–Kier alpha value is -3.15. The number of benzene rings is 2. The molecule has 0 spiro atoms. The molecule has 0 bridgehead atoms. The van der Waals surface area contributed by atoms with E-state index in [0.29, 0.717) is 22.2 Å². The maximum absolute atomic E-state index is 12.3. The van der Waals surface area contributed by atoms with Crippen LogP contribution in [-0.2, 0) is 4.79 Å². The summed E-state index contributed by atoms with van der Waals surface area (Å²) in [5.41, 5.74) is 0.698. The highest BCUT2D eigenvalue weighted by atomic mass is 16.5. The van der Waals surface area contributed by atoms with Crippen molar-refractivity contribution in [3.63, 3.8) is 0 Å². The summed E-state index contributed by atoms with van der Waals surface area (Å²) in [5, 5.41) is 0.486. The zero-order valence-electron chi connectivity index (χ0n) is 12.6. The number of H-pyrrole nitrogens is 1. The molecule has 3 aromatic rings. The summed E-state index contributed by atoms with van der Waals surface area (Å²) in [5.74, 6) is 0.530. The Kier molecular flexibility index (Phi) is 3.80. The predicted molar refractivity (Wildman–Crippen MR) is 85.7 cm³/mol. The highest BCUT2D eigenvalue weighted by molar-refractivity contribution is 5.82. The topological polar surface area (TPSA) is 81.3 Å². The second-order valence-corrected chi connectivity index (χ2v) is 4.86. The van der Waals surface area contributed by atoms with Crippen LogP contribution in [0.1, 0.15) is 6.92 Å². The summed E-state index contributed by atoms with van der Waals surface area (Å²) in [6.45, 7) is 1.31. The summed E-state index contributed by atoms with van der Waals surface area (Å²) in [6, 6.07) is 12.0. The Bertz CT molecular complexity index is 947. The van der Waals surface area contributed by atoms with E-state index in [1.165, 1.54) is 14.0 Å². The van der Waals surface area contributed by atoms with E-state index in [2.05, 4.69) is 9.97 Å². The summed E-state index contributed by atoms with van der Waals surface area (Å²) in [7, 11) is 1.50. The van der Waals surface area contributed by atoms with Gasteiger partial charge in [0.05, 0.1) is 18.0 Å². The van der Waals surface area contributed by atoms with Gasteiger partial charge >= 0.3 is 5.97 Å². The van der Waals surface area contributed by atoms with Crippen molar-refractivity contribution in [1.82, 2.24) is 9.97 Å². The van der Waals surface area contributed by atoms with Crippen LogP contribution >= 0.6 is 0 Å². The second kappa shape index (κ2) is 5.92. The Morgan fingerprint density at radius 2 is 1.83 bits per heavy atom. The minimum absolute atomic E-state index is 0.273. The van der Waals surface area contributed by atoms with Crippen molar-refractivity contribution in [1.29, 1.82) is 0 Å². The van der Waals surface area contributed by atoms with E-state index < -0.39 is 5.97 Å². The molecule has 0 radical (unpaired) electrons. The smallest absolute Gasteiger partial charge is 0.308 e. The van der Waals surface area contributed by atoms with Gasteiger partial charge in [0.2, 0.25) is 0 Å². The maximum atomic E-state index is 12.3. The van der Waals surface area contributed by atoms with Crippen LogP contribution in [0.3, 0.4) is 0 Å². The van der Waals surface area contributed by atoms with Gasteiger partial charge in [-0.1, -0.05) is 18.2 Å². The minimum Gasteiger partial charge on any atom is -0.496 e. The fourth-order valence-electron chi connectivity index (χ4n) is 2.36. The molecule has 0 saturated heterocycles. The molecule has 0 fully saturated rings. The van der Waals surface area contributed by atoms with Gasteiger partial charge in [0.1, 0.15) is 22.9 Å². The largest absolute Gasteiger partial charge is 0.496 e. The van der Waals surface area contributed by atoms with E-state index in [0.717, 1.165) is 0 Å². The molecule has 0 saturated carbocycles. The zero-order valence-corrected chi connectivity index (χ0v) is 12.6. The molecule has 3 rings (SSSR count). The summed E-state index contributed by atoms with van der Waals surface area (Å²) in [4.78, 5) is 30.8. The Balaban J connectivity index is 2.29. The van der Waals surface area contributed by atoms with Crippen LogP contribution in [0.25, 0.3) is 22.3 Å². The lowest BCUT2D eigenvalue weighted by molar-refractivity contribution is -0.131. The first-order valence-corrected chi connectivity index (χ1v) is 6.95. The van der Waals surface area contributed by atoms with Crippen molar-refractivity contribution in [2.75, 3.05) is 7.11 Å². The number of nitrogens with zero attached hydrogens (tertiary/aromatic N) is 1. The molecule has 0 aliphatic rings. The van der Waals surface area contributed by atoms with Gasteiger partial charge in [0.25, 0.3) is 5.56 Å². The van der Waals surface area contributed by atoms with Gasteiger partial charge < -0.3 is 14.5 Å². The third-order valence-corrected chi connectivity index (χ3v) is 3.31. The number of para-hydroxylation sites is 1. The Morgan fingerprint density at radius 3 is 2.57 bits per heavy atom. The lowest BCUT2D eigenvalue weighted by atomic mass is 10.1. The molecule has 0 aliphatic heterocycles. The summed E-state index contributed by atoms with van der Waals surface area (Å²) < 4.78 is 10.5. The number of nitrogens with one attached hydrogen (secondary N) is 1. The number of aromatic amines is 1. The fourth-order valence-corrected chi connectivity index (χ4v) is 2.36. The fraction of sp³-hybridized carbons (Fsp3) is 0.118. The molecule has 1 aromatic heterocycles. The Morgan fingerprint density at radius 1 is 1.09 bits per heavy atom.